The molecule has 0 saturated carbocycles. The van der Waals surface area contributed by atoms with Gasteiger partial charge in [-0.1, -0.05) is 0 Å². The summed E-state index contributed by atoms with van der Waals surface area (Å²) >= 11 is 5.15. The van der Waals surface area contributed by atoms with Crippen molar-refractivity contribution >= 4 is 37.5 Å². The summed E-state index contributed by atoms with van der Waals surface area (Å²) in [5.41, 5.74) is 2.30. The smallest absolute Gasteiger partial charge is 0.128 e. The summed E-state index contributed by atoms with van der Waals surface area (Å²) in [5, 5.41) is 1.19. The lowest BCUT2D eigenvalue weighted by atomic mass is 10.2. The molecule has 0 aliphatic carbocycles. The molecule has 2 nitrogen and oxygen atoms in total. The summed E-state index contributed by atoms with van der Waals surface area (Å²) in [6, 6.07) is 0. The summed E-state index contributed by atoms with van der Waals surface area (Å²) in [6.45, 7) is 4.09. The molecule has 0 N–H and O–H groups in total. The van der Waals surface area contributed by atoms with Crippen LogP contribution < -0.4 is 0 Å². The van der Waals surface area contributed by atoms with Crippen LogP contribution in [-0.2, 0) is 0 Å². The van der Waals surface area contributed by atoms with E-state index in [4.69, 9.17) is 0 Å². The van der Waals surface area contributed by atoms with Crippen LogP contribution in [0.3, 0.4) is 0 Å². The van der Waals surface area contributed by atoms with Crippen LogP contribution in [-0.4, -0.2) is 9.97 Å². The second-order valence-electron chi connectivity index (χ2n) is 2.64. The highest BCUT2D eigenvalue weighted by atomic mass is 79.9. The van der Waals surface area contributed by atoms with Gasteiger partial charge in [0.25, 0.3) is 0 Å². The lowest BCUT2D eigenvalue weighted by Gasteiger charge is -1.93. The van der Waals surface area contributed by atoms with Gasteiger partial charge in [0.1, 0.15) is 11.2 Å². The van der Waals surface area contributed by atoms with Gasteiger partial charge in [-0.05, 0) is 35.3 Å². The van der Waals surface area contributed by atoms with Crippen molar-refractivity contribution in [2.45, 2.75) is 13.8 Å². The Kier molecular flexibility index (Phi) is 1.88. The molecule has 0 saturated heterocycles. The Morgan fingerprint density at radius 1 is 1.33 bits per heavy atom. The summed E-state index contributed by atoms with van der Waals surface area (Å²) in [6.07, 6.45) is 1.61. The molecule has 0 amide bonds. The zero-order valence-corrected chi connectivity index (χ0v) is 9.16. The fraction of sp³-hybridized carbons (Fsp3) is 0.250. The van der Waals surface area contributed by atoms with E-state index < -0.39 is 0 Å². The van der Waals surface area contributed by atoms with Gasteiger partial charge < -0.3 is 0 Å². The minimum Gasteiger partial charge on any atom is -0.241 e. The van der Waals surface area contributed by atoms with E-state index in [1.807, 2.05) is 6.92 Å². The standard InChI is InChI=1S/C8H7BrN2S/c1-4-6-5(2)10-3-11-8(6)12-7(4)9/h3H,1-2H3. The van der Waals surface area contributed by atoms with Crippen LogP contribution >= 0.6 is 27.3 Å². The average Bonchev–Trinajstić information content (AvgIpc) is 2.29. The van der Waals surface area contributed by atoms with Crippen LogP contribution in [0.5, 0.6) is 0 Å². The lowest BCUT2D eigenvalue weighted by Crippen LogP contribution is -1.83. The Morgan fingerprint density at radius 2 is 2.08 bits per heavy atom. The molecule has 0 radical (unpaired) electrons. The number of nitrogens with zero attached hydrogens (tertiary/aromatic N) is 2. The number of fused-ring (bicyclic) bond motifs is 1. The second-order valence-corrected chi connectivity index (χ2v) is 4.96. The van der Waals surface area contributed by atoms with Crippen molar-refractivity contribution in [1.29, 1.82) is 0 Å². The molecule has 2 aromatic heterocycles. The number of aryl methyl sites for hydroxylation is 2. The van der Waals surface area contributed by atoms with Crippen LogP contribution in [0, 0.1) is 13.8 Å². The van der Waals surface area contributed by atoms with Gasteiger partial charge in [-0.25, -0.2) is 9.97 Å². The summed E-state index contributed by atoms with van der Waals surface area (Å²) in [4.78, 5) is 9.42. The monoisotopic (exact) mass is 242 g/mol. The highest BCUT2D eigenvalue weighted by Gasteiger charge is 2.09. The van der Waals surface area contributed by atoms with E-state index in [-0.39, 0.29) is 0 Å². The number of hydrogen-bond acceptors (Lipinski definition) is 3. The average molecular weight is 243 g/mol. The maximum Gasteiger partial charge on any atom is 0.128 e. The number of thiophene rings is 1. The fourth-order valence-corrected chi connectivity index (χ4v) is 2.81. The third kappa shape index (κ3) is 1.06. The van der Waals surface area contributed by atoms with Gasteiger partial charge in [0.15, 0.2) is 0 Å². The van der Waals surface area contributed by atoms with Crippen molar-refractivity contribution in [1.82, 2.24) is 9.97 Å². The Labute approximate surface area is 82.8 Å². The Morgan fingerprint density at radius 3 is 2.75 bits per heavy atom. The van der Waals surface area contributed by atoms with Crippen molar-refractivity contribution in [3.8, 4) is 0 Å². The van der Waals surface area contributed by atoms with E-state index in [9.17, 15) is 0 Å². The van der Waals surface area contributed by atoms with E-state index >= 15 is 0 Å². The van der Waals surface area contributed by atoms with Gasteiger partial charge in [0.2, 0.25) is 0 Å². The Bertz CT molecular complexity index is 436. The van der Waals surface area contributed by atoms with E-state index in [1.165, 1.54) is 10.9 Å². The largest absolute Gasteiger partial charge is 0.241 e. The van der Waals surface area contributed by atoms with Gasteiger partial charge in [-0.2, -0.15) is 0 Å². The van der Waals surface area contributed by atoms with Crippen LogP contribution in [0.1, 0.15) is 11.3 Å². The molecule has 12 heavy (non-hydrogen) atoms. The van der Waals surface area contributed by atoms with E-state index in [2.05, 4.69) is 32.8 Å². The van der Waals surface area contributed by atoms with E-state index in [1.54, 1.807) is 17.7 Å². The molecular weight excluding hydrogens is 236 g/mol. The molecule has 0 bridgehead atoms. The third-order valence-corrected chi connectivity index (χ3v) is 3.93. The minimum atomic E-state index is 1.06. The fourth-order valence-electron chi connectivity index (χ4n) is 1.22. The van der Waals surface area contributed by atoms with Crippen molar-refractivity contribution in [2.75, 3.05) is 0 Å². The summed E-state index contributed by atoms with van der Waals surface area (Å²) in [7, 11) is 0. The minimum absolute atomic E-state index is 1.06. The molecule has 0 aliphatic rings. The molecule has 62 valence electrons. The predicted molar refractivity (Wildman–Crippen MR) is 54.6 cm³/mol. The van der Waals surface area contributed by atoms with Crippen molar-refractivity contribution in [3.63, 3.8) is 0 Å². The molecular formula is C8H7BrN2S. The second kappa shape index (κ2) is 2.78. The first-order valence-electron chi connectivity index (χ1n) is 3.56. The Hall–Kier alpha value is -0.480. The van der Waals surface area contributed by atoms with Gasteiger partial charge in [-0.3, -0.25) is 0 Å². The number of rotatable bonds is 0. The number of hydrogen-bond donors (Lipinski definition) is 0. The van der Waals surface area contributed by atoms with Crippen LogP contribution in [0.4, 0.5) is 0 Å². The molecule has 2 heterocycles. The van der Waals surface area contributed by atoms with E-state index in [0.29, 0.717) is 0 Å². The lowest BCUT2D eigenvalue weighted by molar-refractivity contribution is 1.16. The zero-order chi connectivity index (χ0) is 8.72. The molecule has 0 atom stereocenters. The zero-order valence-electron chi connectivity index (χ0n) is 6.76. The van der Waals surface area contributed by atoms with Gasteiger partial charge in [-0.15, -0.1) is 11.3 Å². The topological polar surface area (TPSA) is 25.8 Å². The molecule has 0 aliphatic heterocycles. The highest BCUT2D eigenvalue weighted by Crippen LogP contribution is 2.34. The Balaban J connectivity index is 2.97. The van der Waals surface area contributed by atoms with Crippen LogP contribution in [0.2, 0.25) is 0 Å². The first-order chi connectivity index (χ1) is 5.70. The number of halogens is 1. The molecule has 2 aromatic rings. The highest BCUT2D eigenvalue weighted by molar-refractivity contribution is 9.11. The quantitative estimate of drug-likeness (QED) is 0.710. The first kappa shape index (κ1) is 8.13. The van der Waals surface area contributed by atoms with Crippen molar-refractivity contribution < 1.29 is 0 Å². The molecule has 4 heteroatoms. The third-order valence-electron chi connectivity index (χ3n) is 1.86. The van der Waals surface area contributed by atoms with Crippen molar-refractivity contribution in [3.05, 3.63) is 21.4 Å². The van der Waals surface area contributed by atoms with Crippen LogP contribution in [0.25, 0.3) is 10.2 Å². The maximum atomic E-state index is 4.20. The molecule has 0 aromatic carbocycles. The van der Waals surface area contributed by atoms with Gasteiger partial charge in [0.05, 0.1) is 3.79 Å². The van der Waals surface area contributed by atoms with E-state index in [0.717, 1.165) is 14.3 Å². The SMILES string of the molecule is Cc1ncnc2sc(Br)c(C)c12. The summed E-state index contributed by atoms with van der Waals surface area (Å²) < 4.78 is 1.15. The molecule has 2 rings (SSSR count). The molecule has 0 unspecified atom stereocenters. The van der Waals surface area contributed by atoms with Gasteiger partial charge >= 0.3 is 0 Å². The van der Waals surface area contributed by atoms with Crippen LogP contribution in [0.15, 0.2) is 10.1 Å². The molecule has 0 spiro atoms. The summed E-state index contributed by atoms with van der Waals surface area (Å²) in [5.74, 6) is 0. The number of aromatic nitrogens is 2. The maximum absolute atomic E-state index is 4.20. The van der Waals surface area contributed by atoms with Crippen molar-refractivity contribution in [2.24, 2.45) is 0 Å². The van der Waals surface area contributed by atoms with Gasteiger partial charge in [0, 0.05) is 11.1 Å². The predicted octanol–water partition coefficient (Wildman–Crippen LogP) is 3.07. The molecule has 0 fully saturated rings. The normalized spacial score (nSPS) is 10.9. The first-order valence-corrected chi connectivity index (χ1v) is 5.17.